The average Bonchev–Trinajstić information content (AvgIpc) is 3.67. The molecule has 0 radical (unpaired) electrons. The molecule has 2 aliphatic rings. The van der Waals surface area contributed by atoms with Gasteiger partial charge in [-0.2, -0.15) is 0 Å². The number of hydrogen-bond donors (Lipinski definition) is 2. The zero-order valence-electron chi connectivity index (χ0n) is 19.6. The van der Waals surface area contributed by atoms with Crippen LogP contribution >= 0.6 is 0 Å². The van der Waals surface area contributed by atoms with Crippen LogP contribution in [0.3, 0.4) is 0 Å². The van der Waals surface area contributed by atoms with Crippen LogP contribution in [-0.4, -0.2) is 44.3 Å². The number of nitrogens with one attached hydrogen (secondary N) is 2. The summed E-state index contributed by atoms with van der Waals surface area (Å²) in [4.78, 5) is 27.1. The smallest absolute Gasteiger partial charge is 0.261 e. The lowest BCUT2D eigenvalue weighted by atomic mass is 9.95. The van der Waals surface area contributed by atoms with E-state index in [1.165, 1.54) is 17.7 Å². The summed E-state index contributed by atoms with van der Waals surface area (Å²) in [6, 6.07) is 13.9. The lowest BCUT2D eigenvalue weighted by Gasteiger charge is -2.31. The Labute approximate surface area is 202 Å². The highest BCUT2D eigenvalue weighted by Crippen LogP contribution is 2.24. The number of nitrogens with zero attached hydrogens (tertiary/aromatic N) is 1. The summed E-state index contributed by atoms with van der Waals surface area (Å²) < 4.78 is 28.5. The van der Waals surface area contributed by atoms with Gasteiger partial charge in [0.25, 0.3) is 15.9 Å². The zero-order valence-corrected chi connectivity index (χ0v) is 20.4. The van der Waals surface area contributed by atoms with Gasteiger partial charge < -0.3 is 10.2 Å². The summed E-state index contributed by atoms with van der Waals surface area (Å²) in [6.45, 7) is 3.11. The summed E-state index contributed by atoms with van der Waals surface area (Å²) in [7, 11) is -3.83. The molecule has 0 bridgehead atoms. The summed E-state index contributed by atoms with van der Waals surface area (Å²) >= 11 is 0. The number of sulfonamides is 1. The minimum Gasteiger partial charge on any atom is -0.353 e. The summed E-state index contributed by atoms with van der Waals surface area (Å²) in [6.07, 6.45) is 6.53. The van der Waals surface area contributed by atoms with Gasteiger partial charge >= 0.3 is 0 Å². The molecule has 1 saturated heterocycles. The fourth-order valence-corrected chi connectivity index (χ4v) is 5.31. The van der Waals surface area contributed by atoms with E-state index in [0.29, 0.717) is 43.2 Å². The van der Waals surface area contributed by atoms with E-state index in [4.69, 9.17) is 0 Å². The molecule has 2 aromatic rings. The maximum absolute atomic E-state index is 13.0. The van der Waals surface area contributed by atoms with Crippen LogP contribution in [0.1, 0.15) is 61.4 Å². The molecule has 2 fully saturated rings. The quantitative estimate of drug-likeness (QED) is 0.564. The van der Waals surface area contributed by atoms with E-state index in [1.54, 1.807) is 29.2 Å². The number of carbonyl (C=O) groups excluding carboxylic acids is 2. The summed E-state index contributed by atoms with van der Waals surface area (Å²) in [5, 5.41) is 3.04. The number of hydrogen-bond acceptors (Lipinski definition) is 4. The van der Waals surface area contributed by atoms with Crippen molar-refractivity contribution < 1.29 is 18.0 Å². The minimum absolute atomic E-state index is 0.0482. The first-order valence-corrected chi connectivity index (χ1v) is 13.7. The summed E-state index contributed by atoms with van der Waals surface area (Å²) in [5.74, 6) is -0.181. The van der Waals surface area contributed by atoms with Crippen molar-refractivity contribution in [3.8, 4) is 0 Å². The van der Waals surface area contributed by atoms with Gasteiger partial charge in [-0.1, -0.05) is 31.5 Å². The number of anilines is 1. The Morgan fingerprint density at radius 2 is 1.71 bits per heavy atom. The van der Waals surface area contributed by atoms with E-state index in [0.717, 1.165) is 32.1 Å². The fourth-order valence-electron chi connectivity index (χ4n) is 4.20. The topological polar surface area (TPSA) is 95.6 Å². The second kappa shape index (κ2) is 10.6. The molecule has 1 aliphatic carbocycles. The van der Waals surface area contributed by atoms with E-state index in [1.807, 2.05) is 12.1 Å². The third-order valence-electron chi connectivity index (χ3n) is 6.49. The third kappa shape index (κ3) is 6.17. The van der Waals surface area contributed by atoms with Gasteiger partial charge in [-0.05, 0) is 74.4 Å². The predicted molar refractivity (Wildman–Crippen MR) is 132 cm³/mol. The Hall–Kier alpha value is -2.87. The van der Waals surface area contributed by atoms with E-state index in [2.05, 4.69) is 17.0 Å². The van der Waals surface area contributed by atoms with Crippen LogP contribution in [0, 0.1) is 5.92 Å². The Bertz CT molecular complexity index is 1120. The number of amides is 2. The first-order chi connectivity index (χ1) is 16.4. The Morgan fingerprint density at radius 1 is 1.00 bits per heavy atom. The Morgan fingerprint density at radius 3 is 2.35 bits per heavy atom. The molecule has 0 aromatic heterocycles. The Balaban J connectivity index is 1.37. The second-order valence-corrected chi connectivity index (χ2v) is 11.0. The fraction of sp³-hybridized carbons (Fsp3) is 0.462. The van der Waals surface area contributed by atoms with Gasteiger partial charge in [0, 0.05) is 36.3 Å². The molecular weight excluding hydrogens is 450 g/mol. The highest BCUT2D eigenvalue weighted by Gasteiger charge is 2.31. The molecule has 0 atom stereocenters. The van der Waals surface area contributed by atoms with Crippen molar-refractivity contribution >= 4 is 27.5 Å². The van der Waals surface area contributed by atoms with Crippen molar-refractivity contribution in [2.24, 2.45) is 5.92 Å². The zero-order chi connectivity index (χ0) is 24.1. The van der Waals surface area contributed by atoms with Gasteiger partial charge in [0.1, 0.15) is 0 Å². The molecule has 1 heterocycles. The Kier molecular flexibility index (Phi) is 7.56. The van der Waals surface area contributed by atoms with Crippen LogP contribution in [0.15, 0.2) is 53.4 Å². The van der Waals surface area contributed by atoms with Crippen LogP contribution in [0.5, 0.6) is 0 Å². The van der Waals surface area contributed by atoms with Crippen LogP contribution in [-0.2, 0) is 21.2 Å². The monoisotopic (exact) mass is 483 g/mol. The molecule has 8 heteroatoms. The van der Waals surface area contributed by atoms with Gasteiger partial charge in [-0.3, -0.25) is 14.3 Å². The van der Waals surface area contributed by atoms with E-state index in [9.17, 15) is 18.0 Å². The predicted octanol–water partition coefficient (Wildman–Crippen LogP) is 3.96. The number of benzene rings is 2. The maximum Gasteiger partial charge on any atom is 0.261 e. The van der Waals surface area contributed by atoms with Gasteiger partial charge in [-0.25, -0.2) is 8.42 Å². The standard InChI is InChI=1S/C26H33N3O4S/c1-2-3-5-19-8-10-23(11-9-19)28-34(32,33)24-7-4-6-21(18-24)26(31)29-16-14-20(15-17-29)25(30)27-22-12-13-22/h4,6-11,18,20,22,28H,2-3,5,12-17H2,1H3,(H,27,30). The lowest BCUT2D eigenvalue weighted by Crippen LogP contribution is -2.43. The van der Waals surface area contributed by atoms with Gasteiger partial charge in [0.05, 0.1) is 4.90 Å². The van der Waals surface area contributed by atoms with Gasteiger partial charge in [-0.15, -0.1) is 0 Å². The highest BCUT2D eigenvalue weighted by molar-refractivity contribution is 7.92. The van der Waals surface area contributed by atoms with Gasteiger partial charge in [0.2, 0.25) is 5.91 Å². The minimum atomic E-state index is -3.83. The molecule has 2 amide bonds. The van der Waals surface area contributed by atoms with Crippen LogP contribution < -0.4 is 10.0 Å². The molecule has 7 nitrogen and oxygen atoms in total. The number of carbonyl (C=O) groups is 2. The number of rotatable bonds is 9. The first-order valence-electron chi connectivity index (χ1n) is 12.2. The summed E-state index contributed by atoms with van der Waals surface area (Å²) in [5.41, 5.74) is 1.99. The maximum atomic E-state index is 13.0. The first kappa shape index (κ1) is 24.3. The van der Waals surface area contributed by atoms with Crippen LogP contribution in [0.4, 0.5) is 5.69 Å². The van der Waals surface area contributed by atoms with E-state index < -0.39 is 10.0 Å². The molecule has 182 valence electrons. The largest absolute Gasteiger partial charge is 0.353 e. The molecule has 34 heavy (non-hydrogen) atoms. The van der Waals surface area contributed by atoms with Crippen molar-refractivity contribution in [3.63, 3.8) is 0 Å². The van der Waals surface area contributed by atoms with Crippen molar-refractivity contribution in [3.05, 3.63) is 59.7 Å². The number of aryl methyl sites for hydroxylation is 1. The van der Waals surface area contributed by atoms with Gasteiger partial charge in [0.15, 0.2) is 0 Å². The number of unbranched alkanes of at least 4 members (excludes halogenated alkanes) is 1. The third-order valence-corrected chi connectivity index (χ3v) is 7.87. The molecular formula is C26H33N3O4S. The molecule has 0 spiro atoms. The van der Waals surface area contributed by atoms with Crippen molar-refractivity contribution in [2.45, 2.75) is 62.8 Å². The highest BCUT2D eigenvalue weighted by atomic mass is 32.2. The van der Waals surface area contributed by atoms with Crippen molar-refractivity contribution in [1.29, 1.82) is 0 Å². The van der Waals surface area contributed by atoms with E-state index >= 15 is 0 Å². The molecule has 4 rings (SSSR count). The van der Waals surface area contributed by atoms with Crippen molar-refractivity contribution in [2.75, 3.05) is 17.8 Å². The van der Waals surface area contributed by atoms with E-state index in [-0.39, 0.29) is 22.6 Å². The molecule has 2 N–H and O–H groups in total. The average molecular weight is 484 g/mol. The van der Waals surface area contributed by atoms with Crippen LogP contribution in [0.25, 0.3) is 0 Å². The lowest BCUT2D eigenvalue weighted by molar-refractivity contribution is -0.126. The molecule has 1 saturated carbocycles. The normalized spacial score (nSPS) is 16.8. The van der Waals surface area contributed by atoms with Crippen LogP contribution in [0.2, 0.25) is 0 Å². The molecule has 2 aromatic carbocycles. The molecule has 0 unspecified atom stereocenters. The van der Waals surface area contributed by atoms with Crippen molar-refractivity contribution in [1.82, 2.24) is 10.2 Å². The number of piperidine rings is 1. The molecule has 1 aliphatic heterocycles. The second-order valence-electron chi connectivity index (χ2n) is 9.28. The SMILES string of the molecule is CCCCc1ccc(NS(=O)(=O)c2cccc(C(=O)N3CCC(C(=O)NC4CC4)CC3)c2)cc1. The number of likely N-dealkylation sites (tertiary alicyclic amines) is 1.